The van der Waals surface area contributed by atoms with Crippen molar-refractivity contribution in [2.75, 3.05) is 11.4 Å². The Morgan fingerprint density at radius 3 is 2.39 bits per heavy atom. The summed E-state index contributed by atoms with van der Waals surface area (Å²) in [4.78, 5) is 19.2. The summed E-state index contributed by atoms with van der Waals surface area (Å²) in [6, 6.07) is 16.9. The van der Waals surface area contributed by atoms with Crippen LogP contribution >= 0.6 is 0 Å². The zero-order valence-corrected chi connectivity index (χ0v) is 17.1. The molecule has 6 nitrogen and oxygen atoms in total. The number of aromatic nitrogens is 2. The molecule has 2 aromatic carbocycles. The lowest BCUT2D eigenvalue weighted by Crippen LogP contribution is -2.48. The van der Waals surface area contributed by atoms with E-state index in [1.54, 1.807) is 36.4 Å². The minimum absolute atomic E-state index is 0.103. The van der Waals surface area contributed by atoms with Gasteiger partial charge in [0.25, 0.3) is 0 Å². The second-order valence-electron chi connectivity index (χ2n) is 7.55. The number of alkyl halides is 3. The minimum atomic E-state index is -4.47. The van der Waals surface area contributed by atoms with E-state index in [0.29, 0.717) is 23.1 Å². The summed E-state index contributed by atoms with van der Waals surface area (Å²) in [5.41, 5.74) is 0.991. The third-order valence-electron chi connectivity index (χ3n) is 5.47. The quantitative estimate of drug-likeness (QED) is 0.360. The Morgan fingerprint density at radius 1 is 0.970 bits per heavy atom. The average molecular weight is 452 g/mol. The molecule has 9 heteroatoms. The Kier molecular flexibility index (Phi) is 4.88. The minimum Gasteiger partial charge on any atom is -0.434 e. The zero-order valence-electron chi connectivity index (χ0n) is 17.1. The summed E-state index contributed by atoms with van der Waals surface area (Å²) in [7, 11) is 0. The number of oxazole rings is 1. The molecule has 0 spiro atoms. The molecule has 5 rings (SSSR count). The predicted molar refractivity (Wildman–Crippen MR) is 112 cm³/mol. The van der Waals surface area contributed by atoms with Gasteiger partial charge in [-0.05, 0) is 36.8 Å². The molecule has 0 atom stereocenters. The first-order valence-corrected chi connectivity index (χ1v) is 10.1. The summed E-state index contributed by atoms with van der Waals surface area (Å²) in [6.07, 6.45) is -2.66. The van der Waals surface area contributed by atoms with E-state index in [9.17, 15) is 23.2 Å². The van der Waals surface area contributed by atoms with Crippen molar-refractivity contribution in [2.24, 2.45) is 0 Å². The molecule has 1 aliphatic heterocycles. The Morgan fingerprint density at radius 2 is 1.70 bits per heavy atom. The highest BCUT2D eigenvalue weighted by Gasteiger charge is 2.38. The molecule has 0 bridgehead atoms. The van der Waals surface area contributed by atoms with Crippen molar-refractivity contribution in [2.45, 2.75) is 12.6 Å². The number of amides is 1. The molecule has 1 amide bonds. The number of fused-ring (bicyclic) bond motifs is 1. The molecular formula is C24H17F3N3O3+. The smallest absolute Gasteiger partial charge is 0.416 e. The van der Waals surface area contributed by atoms with E-state index in [0.717, 1.165) is 16.9 Å². The number of hydrogen-bond donors (Lipinski definition) is 1. The lowest BCUT2D eigenvalue weighted by molar-refractivity contribution is -0.906. The molecule has 1 N–H and O–H groups in total. The molecule has 0 fully saturated rings. The van der Waals surface area contributed by atoms with Crippen LogP contribution in [0.2, 0.25) is 0 Å². The van der Waals surface area contributed by atoms with Crippen LogP contribution in [0, 0.1) is 0 Å². The van der Waals surface area contributed by atoms with E-state index in [1.165, 1.54) is 23.2 Å². The zero-order chi connectivity index (χ0) is 23.2. The van der Waals surface area contributed by atoms with Crippen molar-refractivity contribution in [3.05, 3.63) is 89.7 Å². The van der Waals surface area contributed by atoms with Crippen molar-refractivity contribution < 1.29 is 32.3 Å². The van der Waals surface area contributed by atoms with E-state index in [-0.39, 0.29) is 29.7 Å². The molecule has 4 aromatic rings. The normalized spacial score (nSPS) is 13.8. The number of benzene rings is 2. The first-order chi connectivity index (χ1) is 15.8. The molecule has 33 heavy (non-hydrogen) atoms. The Labute approximate surface area is 186 Å². The number of hydrogen-bond acceptors (Lipinski definition) is 4. The summed E-state index contributed by atoms with van der Waals surface area (Å²) in [6.45, 7) is 0.268. The summed E-state index contributed by atoms with van der Waals surface area (Å²) < 4.78 is 45.8. The van der Waals surface area contributed by atoms with Crippen LogP contribution in [0.4, 0.5) is 19.0 Å². The van der Waals surface area contributed by atoms with Crippen LogP contribution in [0.5, 0.6) is 0 Å². The van der Waals surface area contributed by atoms with Crippen molar-refractivity contribution in [1.29, 1.82) is 0 Å². The SMILES string of the molecule is O=C1c2c(ccc[n+]2O)CCN1c1nc(-c2ccccc2)oc1-c1ccc(C(F)(F)F)cc1. The third kappa shape index (κ3) is 3.71. The fourth-order valence-electron chi connectivity index (χ4n) is 3.84. The summed E-state index contributed by atoms with van der Waals surface area (Å²) in [5.74, 6) is 0.0809. The van der Waals surface area contributed by atoms with Crippen LogP contribution < -0.4 is 9.63 Å². The van der Waals surface area contributed by atoms with Crippen molar-refractivity contribution in [1.82, 2.24) is 4.98 Å². The van der Waals surface area contributed by atoms with E-state index in [1.807, 2.05) is 6.07 Å². The van der Waals surface area contributed by atoms with Gasteiger partial charge >= 0.3 is 17.8 Å². The lowest BCUT2D eigenvalue weighted by Gasteiger charge is -2.24. The highest BCUT2D eigenvalue weighted by Crippen LogP contribution is 2.38. The number of pyridine rings is 1. The van der Waals surface area contributed by atoms with Crippen LogP contribution in [-0.2, 0) is 12.6 Å². The lowest BCUT2D eigenvalue weighted by atomic mass is 10.0. The molecule has 166 valence electrons. The second kappa shape index (κ2) is 7.77. The topological polar surface area (TPSA) is 70.5 Å². The molecule has 3 heterocycles. The standard InChI is InChI=1S/C24H17F3N3O3/c25-24(26,27)18-10-8-16(9-11-18)20-21(28-22(33-20)17-5-2-1-3-6-17)29-14-12-15-7-4-13-30(32)19(15)23(29)31/h1-11,13,32H,12,14H2/q+1. The number of rotatable bonds is 3. The van der Waals surface area contributed by atoms with Crippen LogP contribution in [-0.4, -0.2) is 22.6 Å². The van der Waals surface area contributed by atoms with Gasteiger partial charge in [-0.25, -0.2) is 0 Å². The number of halogens is 3. The fraction of sp³-hybridized carbons (Fsp3) is 0.125. The third-order valence-corrected chi connectivity index (χ3v) is 5.47. The predicted octanol–water partition coefficient (Wildman–Crippen LogP) is 4.76. The van der Waals surface area contributed by atoms with E-state index in [4.69, 9.17) is 4.42 Å². The Hall–Kier alpha value is -4.14. The van der Waals surface area contributed by atoms with Gasteiger partial charge in [-0.1, -0.05) is 30.3 Å². The van der Waals surface area contributed by atoms with Gasteiger partial charge in [-0.15, -0.1) is 0 Å². The van der Waals surface area contributed by atoms with Gasteiger partial charge in [0.15, 0.2) is 11.6 Å². The summed E-state index contributed by atoms with van der Waals surface area (Å²) >= 11 is 0. The van der Waals surface area contributed by atoms with Crippen LogP contribution in [0.15, 0.2) is 77.3 Å². The molecule has 0 unspecified atom stereocenters. The van der Waals surface area contributed by atoms with Gasteiger partial charge in [-0.3, -0.25) is 14.9 Å². The van der Waals surface area contributed by atoms with Crippen molar-refractivity contribution >= 4 is 11.7 Å². The maximum Gasteiger partial charge on any atom is 0.416 e. The van der Waals surface area contributed by atoms with Crippen molar-refractivity contribution in [3.8, 4) is 22.8 Å². The fourth-order valence-corrected chi connectivity index (χ4v) is 3.84. The number of carbonyl (C=O) groups is 1. The van der Waals surface area contributed by atoms with Crippen LogP contribution in [0.1, 0.15) is 21.6 Å². The van der Waals surface area contributed by atoms with Crippen LogP contribution in [0.25, 0.3) is 22.8 Å². The first kappa shape index (κ1) is 20.7. The largest absolute Gasteiger partial charge is 0.434 e. The van der Waals surface area contributed by atoms with E-state index < -0.39 is 17.6 Å². The molecule has 2 aromatic heterocycles. The summed E-state index contributed by atoms with van der Waals surface area (Å²) in [5, 5.41) is 10.2. The van der Waals surface area contributed by atoms with Gasteiger partial charge in [-0.2, -0.15) is 18.2 Å². The molecule has 0 saturated carbocycles. The Bertz CT molecular complexity index is 1330. The Balaban J connectivity index is 1.63. The first-order valence-electron chi connectivity index (χ1n) is 10.1. The molecule has 0 radical (unpaired) electrons. The van der Waals surface area contributed by atoms with Crippen molar-refractivity contribution in [3.63, 3.8) is 0 Å². The number of carbonyl (C=O) groups excluding carboxylic acids is 1. The van der Waals surface area contributed by atoms with Gasteiger partial charge in [0.1, 0.15) is 0 Å². The maximum atomic E-state index is 13.3. The van der Waals surface area contributed by atoms with Crippen LogP contribution in [0.3, 0.4) is 0 Å². The monoisotopic (exact) mass is 452 g/mol. The highest BCUT2D eigenvalue weighted by atomic mass is 19.4. The van der Waals surface area contributed by atoms with E-state index in [2.05, 4.69) is 4.98 Å². The molecule has 0 saturated heterocycles. The number of nitrogens with zero attached hydrogens (tertiary/aromatic N) is 3. The molecular weight excluding hydrogens is 435 g/mol. The maximum absolute atomic E-state index is 13.3. The molecule has 1 aliphatic rings. The number of anilines is 1. The highest BCUT2D eigenvalue weighted by molar-refractivity contribution is 6.07. The van der Waals surface area contributed by atoms with Gasteiger partial charge in [0.2, 0.25) is 12.1 Å². The van der Waals surface area contributed by atoms with Gasteiger partial charge in [0, 0.05) is 34.0 Å². The van der Waals surface area contributed by atoms with Gasteiger partial charge < -0.3 is 4.42 Å². The molecule has 0 aliphatic carbocycles. The van der Waals surface area contributed by atoms with Gasteiger partial charge in [0.05, 0.1) is 5.56 Å². The average Bonchev–Trinajstić information content (AvgIpc) is 3.25. The van der Waals surface area contributed by atoms with E-state index >= 15 is 0 Å². The second-order valence-corrected chi connectivity index (χ2v) is 7.55.